The summed E-state index contributed by atoms with van der Waals surface area (Å²) >= 11 is 0. The minimum absolute atomic E-state index is 0.114. The van der Waals surface area contributed by atoms with E-state index in [4.69, 9.17) is 5.11 Å². The summed E-state index contributed by atoms with van der Waals surface area (Å²) in [5, 5.41) is 12.0. The molecule has 0 amide bonds. The van der Waals surface area contributed by atoms with Gasteiger partial charge < -0.3 is 5.11 Å². The van der Waals surface area contributed by atoms with Gasteiger partial charge in [0, 0.05) is 11.6 Å². The van der Waals surface area contributed by atoms with Crippen LogP contribution < -0.4 is 0 Å². The molecule has 1 aromatic heterocycles. The molecule has 2 aromatic rings. The first kappa shape index (κ1) is 14.8. The highest BCUT2D eigenvalue weighted by Gasteiger charge is 2.38. The van der Waals surface area contributed by atoms with E-state index in [1.54, 1.807) is 0 Å². The highest BCUT2D eigenvalue weighted by atomic mass is 19.4. The van der Waals surface area contributed by atoms with E-state index in [0.29, 0.717) is 10.8 Å². The molecule has 0 radical (unpaired) electrons. The lowest BCUT2D eigenvalue weighted by molar-refractivity contribution is -0.143. The molecule has 0 spiro atoms. The number of halogens is 4. The smallest absolute Gasteiger partial charge is 0.434 e. The van der Waals surface area contributed by atoms with Crippen molar-refractivity contribution >= 4 is 12.0 Å². The van der Waals surface area contributed by atoms with E-state index in [1.807, 2.05) is 0 Å². The number of carboxylic acid groups (broad SMARTS) is 1. The third-order valence-electron chi connectivity index (χ3n) is 2.52. The van der Waals surface area contributed by atoms with Gasteiger partial charge in [-0.1, -0.05) is 6.07 Å². The number of carboxylic acids is 1. The van der Waals surface area contributed by atoms with Crippen LogP contribution in [0.2, 0.25) is 0 Å². The number of alkyl halides is 3. The molecule has 1 aromatic carbocycles. The Morgan fingerprint density at radius 3 is 2.62 bits per heavy atom. The molecule has 1 heterocycles. The molecule has 0 aliphatic carbocycles. The van der Waals surface area contributed by atoms with Crippen LogP contribution in [0, 0.1) is 5.82 Å². The molecule has 4 nitrogen and oxygen atoms in total. The number of rotatable bonds is 3. The van der Waals surface area contributed by atoms with Crippen LogP contribution in [-0.4, -0.2) is 20.9 Å². The monoisotopic (exact) mass is 300 g/mol. The number of aromatic nitrogens is 2. The molecule has 2 rings (SSSR count). The highest BCUT2D eigenvalue weighted by molar-refractivity contribution is 5.85. The molecule has 8 heteroatoms. The van der Waals surface area contributed by atoms with Crippen molar-refractivity contribution in [3.8, 4) is 5.69 Å². The number of benzene rings is 1. The summed E-state index contributed by atoms with van der Waals surface area (Å²) in [6.07, 6.45) is -2.55. The number of hydrogen-bond acceptors (Lipinski definition) is 2. The molecular weight excluding hydrogens is 292 g/mol. The van der Waals surface area contributed by atoms with Gasteiger partial charge in [-0.3, -0.25) is 0 Å². The zero-order valence-electron chi connectivity index (χ0n) is 10.3. The molecule has 0 unspecified atom stereocenters. The van der Waals surface area contributed by atoms with Gasteiger partial charge in [0.25, 0.3) is 0 Å². The van der Waals surface area contributed by atoms with E-state index in [0.717, 1.165) is 24.4 Å². The number of hydrogen-bond donors (Lipinski definition) is 1. The second-order valence-corrected chi connectivity index (χ2v) is 4.01. The Kier molecular flexibility index (Phi) is 3.79. The largest absolute Gasteiger partial charge is 0.478 e. The van der Waals surface area contributed by atoms with Crippen LogP contribution >= 0.6 is 0 Å². The predicted molar refractivity (Wildman–Crippen MR) is 65.2 cm³/mol. The van der Waals surface area contributed by atoms with E-state index in [9.17, 15) is 22.4 Å². The van der Waals surface area contributed by atoms with Gasteiger partial charge in [0.15, 0.2) is 5.69 Å². The molecule has 21 heavy (non-hydrogen) atoms. The van der Waals surface area contributed by atoms with Crippen molar-refractivity contribution < 1.29 is 27.5 Å². The minimum atomic E-state index is -4.78. The maximum Gasteiger partial charge on any atom is 0.434 e. The molecule has 0 saturated heterocycles. The van der Waals surface area contributed by atoms with Crippen LogP contribution in [0.3, 0.4) is 0 Å². The van der Waals surface area contributed by atoms with E-state index in [1.165, 1.54) is 12.1 Å². The summed E-state index contributed by atoms with van der Waals surface area (Å²) < 4.78 is 53.0. The Balaban J connectivity index is 2.60. The highest BCUT2D eigenvalue weighted by Crippen LogP contribution is 2.34. The van der Waals surface area contributed by atoms with Crippen LogP contribution in [-0.2, 0) is 11.0 Å². The topological polar surface area (TPSA) is 55.1 Å². The van der Waals surface area contributed by atoms with Gasteiger partial charge in [-0.2, -0.15) is 18.3 Å². The molecule has 0 bridgehead atoms. The predicted octanol–water partition coefficient (Wildman–Crippen LogP) is 3.13. The maximum absolute atomic E-state index is 13.1. The van der Waals surface area contributed by atoms with Crippen molar-refractivity contribution in [3.05, 3.63) is 53.6 Å². The zero-order chi connectivity index (χ0) is 15.6. The van der Waals surface area contributed by atoms with Crippen LogP contribution in [0.4, 0.5) is 17.6 Å². The van der Waals surface area contributed by atoms with Gasteiger partial charge in [0.1, 0.15) is 5.82 Å². The van der Waals surface area contributed by atoms with Gasteiger partial charge in [0.05, 0.1) is 11.9 Å². The average molecular weight is 300 g/mol. The van der Waals surface area contributed by atoms with Crippen LogP contribution in [0.25, 0.3) is 11.8 Å². The molecule has 0 aliphatic rings. The quantitative estimate of drug-likeness (QED) is 0.700. The van der Waals surface area contributed by atoms with Crippen LogP contribution in [0.5, 0.6) is 0 Å². The first-order valence-electron chi connectivity index (χ1n) is 5.61. The molecule has 0 atom stereocenters. The fourth-order valence-corrected chi connectivity index (χ4v) is 1.73. The number of aliphatic carboxylic acids is 1. The second kappa shape index (κ2) is 5.39. The Bertz CT molecular complexity index is 704. The SMILES string of the molecule is O=C(O)/C=C/c1cnn(-c2cccc(F)c2)c1C(F)(F)F. The van der Waals surface area contributed by atoms with E-state index in [-0.39, 0.29) is 5.69 Å². The summed E-state index contributed by atoms with van der Waals surface area (Å²) in [5.41, 5.74) is -1.71. The standard InChI is InChI=1S/C13H8F4N2O2/c14-9-2-1-3-10(6-9)19-12(13(15,16)17)8(7-18-19)4-5-11(20)21/h1-7H,(H,20,21)/b5-4+. The minimum Gasteiger partial charge on any atom is -0.478 e. The summed E-state index contributed by atoms with van der Waals surface area (Å²) in [4.78, 5) is 10.4. The van der Waals surface area contributed by atoms with Crippen molar-refractivity contribution in [3.63, 3.8) is 0 Å². The Labute approximate surface area is 115 Å². The summed E-state index contributed by atoms with van der Waals surface area (Å²) in [6, 6.07) is 4.49. The van der Waals surface area contributed by atoms with E-state index >= 15 is 0 Å². The summed E-state index contributed by atoms with van der Waals surface area (Å²) in [5.74, 6) is -2.10. The second-order valence-electron chi connectivity index (χ2n) is 4.01. The van der Waals surface area contributed by atoms with Crippen molar-refractivity contribution in [2.75, 3.05) is 0 Å². The van der Waals surface area contributed by atoms with E-state index in [2.05, 4.69) is 5.10 Å². The van der Waals surface area contributed by atoms with E-state index < -0.39 is 29.2 Å². The normalized spacial score (nSPS) is 12.0. The van der Waals surface area contributed by atoms with Gasteiger partial charge in [0.2, 0.25) is 0 Å². The van der Waals surface area contributed by atoms with Gasteiger partial charge in [-0.05, 0) is 24.3 Å². The lowest BCUT2D eigenvalue weighted by atomic mass is 10.2. The van der Waals surface area contributed by atoms with Crippen LogP contribution in [0.15, 0.2) is 36.5 Å². The summed E-state index contributed by atoms with van der Waals surface area (Å²) in [6.45, 7) is 0. The lowest BCUT2D eigenvalue weighted by Crippen LogP contribution is -2.14. The third-order valence-corrected chi connectivity index (χ3v) is 2.52. The van der Waals surface area contributed by atoms with Crippen LogP contribution in [0.1, 0.15) is 11.3 Å². The fourth-order valence-electron chi connectivity index (χ4n) is 1.73. The van der Waals surface area contributed by atoms with Crippen molar-refractivity contribution in [2.45, 2.75) is 6.18 Å². The Morgan fingerprint density at radius 2 is 2.05 bits per heavy atom. The Hall–Kier alpha value is -2.64. The maximum atomic E-state index is 13.1. The molecule has 0 saturated carbocycles. The molecule has 110 valence electrons. The summed E-state index contributed by atoms with van der Waals surface area (Å²) in [7, 11) is 0. The zero-order valence-corrected chi connectivity index (χ0v) is 10.3. The molecular formula is C13H8F4N2O2. The Morgan fingerprint density at radius 1 is 1.33 bits per heavy atom. The number of nitrogens with zero attached hydrogens (tertiary/aromatic N) is 2. The third kappa shape index (κ3) is 3.28. The fraction of sp³-hybridized carbons (Fsp3) is 0.0769. The van der Waals surface area contributed by atoms with Crippen molar-refractivity contribution in [1.82, 2.24) is 9.78 Å². The molecule has 0 aliphatic heterocycles. The first-order chi connectivity index (χ1) is 9.79. The molecule has 0 fully saturated rings. The lowest BCUT2D eigenvalue weighted by Gasteiger charge is -2.11. The molecule has 1 N–H and O–H groups in total. The van der Waals surface area contributed by atoms with Crippen molar-refractivity contribution in [2.24, 2.45) is 0 Å². The van der Waals surface area contributed by atoms with Gasteiger partial charge in [-0.25, -0.2) is 13.9 Å². The average Bonchev–Trinajstić information content (AvgIpc) is 2.80. The first-order valence-corrected chi connectivity index (χ1v) is 5.61. The number of carbonyl (C=O) groups is 1. The van der Waals surface area contributed by atoms with Crippen molar-refractivity contribution in [1.29, 1.82) is 0 Å². The van der Waals surface area contributed by atoms with Gasteiger partial charge in [-0.15, -0.1) is 0 Å². The van der Waals surface area contributed by atoms with Gasteiger partial charge >= 0.3 is 12.1 Å².